The summed E-state index contributed by atoms with van der Waals surface area (Å²) in [5.41, 5.74) is 3.28. The lowest BCUT2D eigenvalue weighted by Crippen LogP contribution is -1.94. The Morgan fingerprint density at radius 3 is 2.43 bits per heavy atom. The fourth-order valence-corrected chi connectivity index (χ4v) is 2.96. The summed E-state index contributed by atoms with van der Waals surface area (Å²) in [6.45, 7) is 0. The number of fused-ring (bicyclic) bond motifs is 5. The summed E-state index contributed by atoms with van der Waals surface area (Å²) in [6.07, 6.45) is 0. The van der Waals surface area contributed by atoms with E-state index in [0.717, 1.165) is 22.2 Å². The van der Waals surface area contributed by atoms with Gasteiger partial charge in [-0.1, -0.05) is 12.1 Å². The summed E-state index contributed by atoms with van der Waals surface area (Å²) >= 11 is 0. The number of ketones is 1. The van der Waals surface area contributed by atoms with Gasteiger partial charge in [-0.25, -0.2) is 0 Å². The van der Waals surface area contributed by atoms with Gasteiger partial charge in [0.1, 0.15) is 0 Å². The second-order valence-electron chi connectivity index (χ2n) is 4.98. The normalized spacial score (nSPS) is 12.4. The van der Waals surface area contributed by atoms with Crippen LogP contribution in [-0.4, -0.2) is 24.6 Å². The number of hydrogen-bond donors (Lipinski definition) is 0. The molecule has 0 spiro atoms. The molecule has 1 aliphatic heterocycles. The molecule has 0 unspecified atom stereocenters. The van der Waals surface area contributed by atoms with Crippen LogP contribution in [0, 0.1) is 0 Å². The van der Waals surface area contributed by atoms with Crippen molar-refractivity contribution in [3.8, 4) is 17.2 Å². The van der Waals surface area contributed by atoms with E-state index in [-0.39, 0.29) is 5.78 Å². The van der Waals surface area contributed by atoms with E-state index >= 15 is 0 Å². The number of para-hydroxylation sites is 1. The average Bonchev–Trinajstić information content (AvgIpc) is 3.02. The van der Waals surface area contributed by atoms with Gasteiger partial charge in [0.05, 0.1) is 31.1 Å². The summed E-state index contributed by atoms with van der Waals surface area (Å²) in [5.74, 6) is 1.37. The molecule has 4 nitrogen and oxygen atoms in total. The monoisotopic (exact) mass is 279 g/mol. The van der Waals surface area contributed by atoms with Crippen LogP contribution >= 0.6 is 0 Å². The van der Waals surface area contributed by atoms with Gasteiger partial charge in [0.2, 0.25) is 5.78 Å². The van der Waals surface area contributed by atoms with Gasteiger partial charge in [0, 0.05) is 17.0 Å². The summed E-state index contributed by atoms with van der Waals surface area (Å²) < 4.78 is 12.7. The molecule has 2 heterocycles. The SMILES string of the molecule is COc1cc2cc3n(c2cc1OC)-c1ccccc1C3=O. The first-order valence-electron chi connectivity index (χ1n) is 6.66. The zero-order valence-corrected chi connectivity index (χ0v) is 11.7. The third-order valence-corrected chi connectivity index (χ3v) is 3.93. The molecule has 4 rings (SSSR count). The van der Waals surface area contributed by atoms with E-state index in [1.807, 2.05) is 47.0 Å². The summed E-state index contributed by atoms with van der Waals surface area (Å²) in [7, 11) is 3.21. The van der Waals surface area contributed by atoms with Crippen LogP contribution in [-0.2, 0) is 0 Å². The van der Waals surface area contributed by atoms with Gasteiger partial charge < -0.3 is 14.0 Å². The Morgan fingerprint density at radius 1 is 0.952 bits per heavy atom. The van der Waals surface area contributed by atoms with Crippen molar-refractivity contribution >= 4 is 16.7 Å². The molecule has 2 aromatic carbocycles. The van der Waals surface area contributed by atoms with Crippen LogP contribution in [0.4, 0.5) is 0 Å². The van der Waals surface area contributed by atoms with Gasteiger partial charge in [-0.05, 0) is 24.3 Å². The van der Waals surface area contributed by atoms with Crippen molar-refractivity contribution in [2.45, 2.75) is 0 Å². The zero-order valence-electron chi connectivity index (χ0n) is 11.7. The van der Waals surface area contributed by atoms with E-state index in [2.05, 4.69) is 0 Å². The van der Waals surface area contributed by atoms with Gasteiger partial charge in [0.25, 0.3) is 0 Å². The molecular formula is C17H13NO3. The number of rotatable bonds is 2. The van der Waals surface area contributed by atoms with Crippen LogP contribution in [0.2, 0.25) is 0 Å². The highest BCUT2D eigenvalue weighted by Crippen LogP contribution is 2.39. The summed E-state index contributed by atoms with van der Waals surface area (Å²) in [4.78, 5) is 12.5. The molecule has 0 radical (unpaired) electrons. The van der Waals surface area contributed by atoms with Crippen molar-refractivity contribution in [1.29, 1.82) is 0 Å². The largest absolute Gasteiger partial charge is 0.493 e. The highest BCUT2D eigenvalue weighted by Gasteiger charge is 2.28. The lowest BCUT2D eigenvalue weighted by molar-refractivity contribution is 0.104. The summed E-state index contributed by atoms with van der Waals surface area (Å²) in [6, 6.07) is 13.3. The van der Waals surface area contributed by atoms with Crippen LogP contribution < -0.4 is 9.47 Å². The van der Waals surface area contributed by atoms with E-state index in [1.54, 1.807) is 14.2 Å². The van der Waals surface area contributed by atoms with E-state index < -0.39 is 0 Å². The minimum absolute atomic E-state index is 0.0553. The molecule has 0 bridgehead atoms. The number of hydrogen-bond acceptors (Lipinski definition) is 3. The predicted molar refractivity (Wildman–Crippen MR) is 79.8 cm³/mol. The maximum absolute atomic E-state index is 12.5. The molecule has 0 saturated heterocycles. The van der Waals surface area contributed by atoms with Gasteiger partial charge in [-0.2, -0.15) is 0 Å². The van der Waals surface area contributed by atoms with Gasteiger partial charge in [-0.15, -0.1) is 0 Å². The Hall–Kier alpha value is -2.75. The van der Waals surface area contributed by atoms with E-state index in [0.29, 0.717) is 17.2 Å². The first-order valence-corrected chi connectivity index (χ1v) is 6.66. The Labute approximate surface area is 121 Å². The van der Waals surface area contributed by atoms with E-state index in [4.69, 9.17) is 9.47 Å². The topological polar surface area (TPSA) is 40.5 Å². The fourth-order valence-electron chi connectivity index (χ4n) is 2.96. The highest BCUT2D eigenvalue weighted by atomic mass is 16.5. The molecule has 0 saturated carbocycles. The lowest BCUT2D eigenvalue weighted by Gasteiger charge is -2.09. The second-order valence-corrected chi connectivity index (χ2v) is 4.98. The zero-order chi connectivity index (χ0) is 14.6. The molecule has 0 N–H and O–H groups in total. The van der Waals surface area contributed by atoms with Crippen molar-refractivity contribution in [3.05, 3.63) is 53.7 Å². The molecule has 1 aromatic heterocycles. The van der Waals surface area contributed by atoms with Crippen molar-refractivity contribution < 1.29 is 14.3 Å². The molecular weight excluding hydrogens is 266 g/mol. The van der Waals surface area contributed by atoms with Crippen LogP contribution in [0.3, 0.4) is 0 Å². The van der Waals surface area contributed by atoms with Gasteiger partial charge in [0.15, 0.2) is 11.5 Å². The molecule has 3 aromatic rings. The Morgan fingerprint density at radius 2 is 1.67 bits per heavy atom. The second kappa shape index (κ2) is 4.12. The minimum Gasteiger partial charge on any atom is -0.493 e. The Kier molecular flexibility index (Phi) is 2.36. The summed E-state index contributed by atoms with van der Waals surface area (Å²) in [5, 5.41) is 0.963. The van der Waals surface area contributed by atoms with E-state index in [1.165, 1.54) is 0 Å². The molecule has 0 atom stereocenters. The number of nitrogens with zero attached hydrogens (tertiary/aromatic N) is 1. The van der Waals surface area contributed by atoms with Crippen molar-refractivity contribution in [1.82, 2.24) is 4.57 Å². The minimum atomic E-state index is 0.0553. The average molecular weight is 279 g/mol. The van der Waals surface area contributed by atoms with Crippen LogP contribution in [0.15, 0.2) is 42.5 Å². The first-order chi connectivity index (χ1) is 10.2. The first kappa shape index (κ1) is 12.0. The number of ether oxygens (including phenoxy) is 2. The molecule has 4 heteroatoms. The number of aromatic nitrogens is 1. The molecule has 0 aliphatic carbocycles. The molecule has 1 aliphatic rings. The third-order valence-electron chi connectivity index (χ3n) is 3.93. The number of methoxy groups -OCH3 is 2. The quantitative estimate of drug-likeness (QED) is 0.566. The molecule has 21 heavy (non-hydrogen) atoms. The van der Waals surface area contributed by atoms with E-state index in [9.17, 15) is 4.79 Å². The molecule has 0 fully saturated rings. The maximum atomic E-state index is 12.5. The molecule has 0 amide bonds. The third kappa shape index (κ3) is 1.47. The number of benzene rings is 2. The van der Waals surface area contributed by atoms with Crippen LogP contribution in [0.5, 0.6) is 11.5 Å². The maximum Gasteiger partial charge on any atom is 0.211 e. The Bertz CT molecular complexity index is 892. The lowest BCUT2D eigenvalue weighted by atomic mass is 10.1. The molecule has 104 valence electrons. The highest BCUT2D eigenvalue weighted by molar-refractivity contribution is 6.17. The predicted octanol–water partition coefficient (Wildman–Crippen LogP) is 3.19. The number of carbonyl (C=O) groups excluding carboxylic acids is 1. The van der Waals surface area contributed by atoms with Gasteiger partial charge in [-0.3, -0.25) is 4.79 Å². The smallest absolute Gasteiger partial charge is 0.211 e. The van der Waals surface area contributed by atoms with Crippen LogP contribution in [0.1, 0.15) is 16.1 Å². The fraction of sp³-hybridized carbons (Fsp3) is 0.118. The van der Waals surface area contributed by atoms with Crippen molar-refractivity contribution in [3.63, 3.8) is 0 Å². The van der Waals surface area contributed by atoms with Crippen LogP contribution in [0.25, 0.3) is 16.6 Å². The number of carbonyl (C=O) groups is 1. The van der Waals surface area contributed by atoms with Crippen molar-refractivity contribution in [2.24, 2.45) is 0 Å². The van der Waals surface area contributed by atoms with Gasteiger partial charge >= 0.3 is 0 Å². The standard InChI is InChI=1S/C17H13NO3/c1-20-15-8-10-7-14-17(19)11-5-3-4-6-12(11)18(14)13(10)9-16(15)21-2/h3-9H,1-2H3. The van der Waals surface area contributed by atoms with Crippen molar-refractivity contribution in [2.75, 3.05) is 14.2 Å². The Balaban J connectivity index is 2.09.